The van der Waals surface area contributed by atoms with Crippen LogP contribution < -0.4 is 10.5 Å². The van der Waals surface area contributed by atoms with Gasteiger partial charge in [-0.25, -0.2) is 8.78 Å². The summed E-state index contributed by atoms with van der Waals surface area (Å²) in [6, 6.07) is 6.67. The van der Waals surface area contributed by atoms with Crippen LogP contribution in [-0.4, -0.2) is 6.36 Å². The van der Waals surface area contributed by atoms with Crippen molar-refractivity contribution in [1.29, 1.82) is 0 Å². The van der Waals surface area contributed by atoms with Gasteiger partial charge in [0, 0.05) is 5.56 Å². The monoisotopic (exact) mass is 303 g/mol. The lowest BCUT2D eigenvalue weighted by Gasteiger charge is -2.15. The number of nitrogens with two attached hydrogens (primary N) is 1. The van der Waals surface area contributed by atoms with Gasteiger partial charge in [-0.2, -0.15) is 0 Å². The van der Waals surface area contributed by atoms with Crippen LogP contribution in [0, 0.1) is 11.6 Å². The van der Waals surface area contributed by atoms with Crippen molar-refractivity contribution in [2.75, 3.05) is 0 Å². The molecular formula is C14H10F5NO. The molecule has 0 amide bonds. The highest BCUT2D eigenvalue weighted by molar-refractivity contribution is 5.36. The molecule has 21 heavy (non-hydrogen) atoms. The smallest absolute Gasteiger partial charge is 0.406 e. The van der Waals surface area contributed by atoms with Crippen molar-refractivity contribution < 1.29 is 26.7 Å². The van der Waals surface area contributed by atoms with Crippen LogP contribution in [0.25, 0.3) is 0 Å². The molecule has 0 spiro atoms. The summed E-state index contributed by atoms with van der Waals surface area (Å²) in [6.07, 6.45) is -4.80. The maximum Gasteiger partial charge on any atom is 0.573 e. The second kappa shape index (κ2) is 5.69. The summed E-state index contributed by atoms with van der Waals surface area (Å²) in [5, 5.41) is 0. The Bertz CT molecular complexity index is 604. The molecule has 1 unspecified atom stereocenters. The lowest BCUT2D eigenvalue weighted by molar-refractivity contribution is -0.274. The van der Waals surface area contributed by atoms with Crippen molar-refractivity contribution >= 4 is 0 Å². The summed E-state index contributed by atoms with van der Waals surface area (Å²) < 4.78 is 67.0. The van der Waals surface area contributed by atoms with Crippen LogP contribution in [0.2, 0.25) is 0 Å². The lowest BCUT2D eigenvalue weighted by Crippen LogP contribution is -2.18. The van der Waals surface area contributed by atoms with E-state index in [-0.39, 0.29) is 11.1 Å². The van der Waals surface area contributed by atoms with E-state index in [0.29, 0.717) is 0 Å². The lowest BCUT2D eigenvalue weighted by atomic mass is 9.98. The first-order chi connectivity index (χ1) is 9.78. The minimum Gasteiger partial charge on any atom is -0.406 e. The van der Waals surface area contributed by atoms with E-state index in [0.717, 1.165) is 24.3 Å². The minimum atomic E-state index is -4.80. The zero-order valence-corrected chi connectivity index (χ0v) is 10.5. The molecule has 0 aromatic heterocycles. The van der Waals surface area contributed by atoms with Gasteiger partial charge in [-0.3, -0.25) is 0 Å². The third kappa shape index (κ3) is 3.69. The van der Waals surface area contributed by atoms with E-state index >= 15 is 0 Å². The maximum atomic E-state index is 13.6. The van der Waals surface area contributed by atoms with Crippen LogP contribution in [0.3, 0.4) is 0 Å². The Balaban J connectivity index is 2.26. The molecular weight excluding hydrogens is 293 g/mol. The first-order valence-electron chi connectivity index (χ1n) is 5.83. The van der Waals surface area contributed by atoms with Crippen LogP contribution in [0.5, 0.6) is 5.75 Å². The summed E-state index contributed by atoms with van der Waals surface area (Å²) in [5.41, 5.74) is 5.66. The zero-order valence-electron chi connectivity index (χ0n) is 10.5. The van der Waals surface area contributed by atoms with Crippen molar-refractivity contribution in [3.05, 3.63) is 65.2 Å². The molecule has 7 heteroatoms. The van der Waals surface area contributed by atoms with E-state index < -0.39 is 29.8 Å². The predicted molar refractivity (Wildman–Crippen MR) is 65.5 cm³/mol. The van der Waals surface area contributed by atoms with Crippen LogP contribution in [0.1, 0.15) is 17.2 Å². The molecule has 112 valence electrons. The third-order valence-electron chi connectivity index (χ3n) is 2.78. The van der Waals surface area contributed by atoms with Crippen molar-refractivity contribution in [3.63, 3.8) is 0 Å². The number of rotatable bonds is 3. The van der Waals surface area contributed by atoms with E-state index in [9.17, 15) is 22.0 Å². The highest BCUT2D eigenvalue weighted by Gasteiger charge is 2.31. The Morgan fingerprint density at radius 2 is 1.43 bits per heavy atom. The van der Waals surface area contributed by atoms with Crippen molar-refractivity contribution in [2.24, 2.45) is 5.73 Å². The summed E-state index contributed by atoms with van der Waals surface area (Å²) in [4.78, 5) is 0. The highest BCUT2D eigenvalue weighted by Crippen LogP contribution is 2.28. The standard InChI is InChI=1S/C14H10F5NO/c15-10-2-1-3-11(16)12(10)13(20)8-4-6-9(7-5-8)21-14(17,18)19/h1-7,13H,20H2. The highest BCUT2D eigenvalue weighted by atomic mass is 19.4. The first-order valence-corrected chi connectivity index (χ1v) is 5.83. The van der Waals surface area contributed by atoms with Gasteiger partial charge in [0.25, 0.3) is 0 Å². The molecule has 0 aliphatic heterocycles. The van der Waals surface area contributed by atoms with E-state index in [2.05, 4.69) is 4.74 Å². The molecule has 0 aliphatic carbocycles. The molecule has 0 bridgehead atoms. The Kier molecular flexibility index (Phi) is 4.13. The molecule has 1 atom stereocenters. The Morgan fingerprint density at radius 1 is 0.905 bits per heavy atom. The van der Waals surface area contributed by atoms with E-state index in [1.165, 1.54) is 18.2 Å². The van der Waals surface area contributed by atoms with Crippen LogP contribution >= 0.6 is 0 Å². The fourth-order valence-corrected chi connectivity index (χ4v) is 1.85. The minimum absolute atomic E-state index is 0.258. The predicted octanol–water partition coefficient (Wildman–Crippen LogP) is 3.91. The van der Waals surface area contributed by atoms with Crippen LogP contribution in [0.15, 0.2) is 42.5 Å². The van der Waals surface area contributed by atoms with Crippen molar-refractivity contribution in [2.45, 2.75) is 12.4 Å². The van der Waals surface area contributed by atoms with Gasteiger partial charge in [0.1, 0.15) is 17.4 Å². The largest absolute Gasteiger partial charge is 0.573 e. The Hall–Kier alpha value is -2.15. The SMILES string of the molecule is NC(c1ccc(OC(F)(F)F)cc1)c1c(F)cccc1F. The number of ether oxygens (including phenoxy) is 1. The number of hydrogen-bond donors (Lipinski definition) is 1. The van der Waals surface area contributed by atoms with Gasteiger partial charge in [0.2, 0.25) is 0 Å². The third-order valence-corrected chi connectivity index (χ3v) is 2.78. The molecule has 2 N–H and O–H groups in total. The fourth-order valence-electron chi connectivity index (χ4n) is 1.85. The molecule has 0 saturated carbocycles. The molecule has 2 nitrogen and oxygen atoms in total. The molecule has 2 aromatic rings. The molecule has 0 radical (unpaired) electrons. The molecule has 2 rings (SSSR count). The Morgan fingerprint density at radius 3 is 1.90 bits per heavy atom. The second-order valence-corrected chi connectivity index (χ2v) is 4.23. The van der Waals surface area contributed by atoms with Crippen molar-refractivity contribution in [1.82, 2.24) is 0 Å². The number of hydrogen-bond acceptors (Lipinski definition) is 2. The summed E-state index contributed by atoms with van der Waals surface area (Å²) in [5.74, 6) is -2.08. The average molecular weight is 303 g/mol. The van der Waals surface area contributed by atoms with Crippen LogP contribution in [-0.2, 0) is 0 Å². The quantitative estimate of drug-likeness (QED) is 0.873. The van der Waals surface area contributed by atoms with Gasteiger partial charge in [-0.05, 0) is 29.8 Å². The molecule has 2 aromatic carbocycles. The van der Waals surface area contributed by atoms with E-state index in [1.807, 2.05) is 0 Å². The summed E-state index contributed by atoms with van der Waals surface area (Å²) in [7, 11) is 0. The Labute approximate surface area is 116 Å². The zero-order chi connectivity index (χ0) is 15.6. The molecule has 0 aliphatic rings. The normalized spacial score (nSPS) is 13.0. The number of alkyl halides is 3. The average Bonchev–Trinajstić information content (AvgIpc) is 2.37. The summed E-state index contributed by atoms with van der Waals surface area (Å²) in [6.45, 7) is 0. The van der Waals surface area contributed by atoms with E-state index in [4.69, 9.17) is 5.73 Å². The van der Waals surface area contributed by atoms with Gasteiger partial charge in [-0.1, -0.05) is 18.2 Å². The van der Waals surface area contributed by atoms with Gasteiger partial charge in [0.15, 0.2) is 0 Å². The van der Waals surface area contributed by atoms with Crippen LogP contribution in [0.4, 0.5) is 22.0 Å². The second-order valence-electron chi connectivity index (χ2n) is 4.23. The van der Waals surface area contributed by atoms with Crippen molar-refractivity contribution in [3.8, 4) is 5.75 Å². The summed E-state index contributed by atoms with van der Waals surface area (Å²) >= 11 is 0. The van der Waals surface area contributed by atoms with Gasteiger partial charge < -0.3 is 10.5 Å². The number of halogens is 5. The molecule has 0 heterocycles. The molecule has 0 fully saturated rings. The van der Waals surface area contributed by atoms with Gasteiger partial charge in [0.05, 0.1) is 6.04 Å². The molecule has 0 saturated heterocycles. The van der Waals surface area contributed by atoms with Gasteiger partial charge in [-0.15, -0.1) is 13.2 Å². The fraction of sp³-hybridized carbons (Fsp3) is 0.143. The maximum absolute atomic E-state index is 13.6. The van der Waals surface area contributed by atoms with E-state index in [1.54, 1.807) is 0 Å². The first kappa shape index (κ1) is 15.2. The topological polar surface area (TPSA) is 35.2 Å². The number of benzene rings is 2. The van der Waals surface area contributed by atoms with Gasteiger partial charge >= 0.3 is 6.36 Å².